The first-order valence-corrected chi connectivity index (χ1v) is 8.58. The second kappa shape index (κ2) is 6.14. The SMILES string of the molecule is O=C(c1ccc(-n2ccnc2)nc1)N1CCC[C@@H]2CCCC[C@H]21. The molecule has 0 bridgehead atoms. The molecule has 2 atom stereocenters. The summed E-state index contributed by atoms with van der Waals surface area (Å²) in [7, 11) is 0. The van der Waals surface area contributed by atoms with E-state index in [1.165, 1.54) is 25.7 Å². The summed E-state index contributed by atoms with van der Waals surface area (Å²) >= 11 is 0. The topological polar surface area (TPSA) is 51.0 Å². The van der Waals surface area contributed by atoms with Gasteiger partial charge in [-0.3, -0.25) is 9.36 Å². The Morgan fingerprint density at radius 1 is 1.13 bits per heavy atom. The molecular formula is C18H22N4O. The Kier molecular flexibility index (Phi) is 3.85. The van der Waals surface area contributed by atoms with Gasteiger partial charge in [0.15, 0.2) is 0 Å². The van der Waals surface area contributed by atoms with E-state index in [9.17, 15) is 4.79 Å². The van der Waals surface area contributed by atoms with Crippen LogP contribution < -0.4 is 0 Å². The summed E-state index contributed by atoms with van der Waals surface area (Å²) < 4.78 is 1.84. The quantitative estimate of drug-likeness (QED) is 0.856. The highest BCUT2D eigenvalue weighted by molar-refractivity contribution is 5.94. The van der Waals surface area contributed by atoms with Crippen molar-refractivity contribution in [2.75, 3.05) is 6.54 Å². The number of fused-ring (bicyclic) bond motifs is 1. The Morgan fingerprint density at radius 2 is 2.00 bits per heavy atom. The van der Waals surface area contributed by atoms with Crippen LogP contribution >= 0.6 is 0 Å². The minimum Gasteiger partial charge on any atom is -0.335 e. The highest BCUT2D eigenvalue weighted by Gasteiger charge is 2.35. The van der Waals surface area contributed by atoms with Crippen molar-refractivity contribution in [1.82, 2.24) is 19.4 Å². The Bertz CT molecular complexity index is 663. The number of carbonyl (C=O) groups is 1. The van der Waals surface area contributed by atoms with E-state index in [1.54, 1.807) is 18.7 Å². The third-order valence-corrected chi connectivity index (χ3v) is 5.27. The Labute approximate surface area is 136 Å². The van der Waals surface area contributed by atoms with Crippen molar-refractivity contribution in [3.05, 3.63) is 42.6 Å². The molecule has 2 aromatic rings. The summed E-state index contributed by atoms with van der Waals surface area (Å²) in [5.41, 5.74) is 0.695. The molecule has 2 aliphatic rings. The van der Waals surface area contributed by atoms with Crippen molar-refractivity contribution in [3.63, 3.8) is 0 Å². The number of hydrogen-bond acceptors (Lipinski definition) is 3. The first-order chi connectivity index (χ1) is 11.3. The molecule has 3 heterocycles. The maximum Gasteiger partial charge on any atom is 0.255 e. The molecular weight excluding hydrogens is 288 g/mol. The Hall–Kier alpha value is -2.17. The van der Waals surface area contributed by atoms with E-state index >= 15 is 0 Å². The number of likely N-dealkylation sites (tertiary alicyclic amines) is 1. The Balaban J connectivity index is 1.54. The predicted molar refractivity (Wildman–Crippen MR) is 87.4 cm³/mol. The van der Waals surface area contributed by atoms with Crippen molar-refractivity contribution in [3.8, 4) is 5.82 Å². The summed E-state index contributed by atoms with van der Waals surface area (Å²) in [5, 5.41) is 0. The molecule has 0 unspecified atom stereocenters. The average molecular weight is 310 g/mol. The molecule has 1 saturated carbocycles. The zero-order valence-electron chi connectivity index (χ0n) is 13.3. The van der Waals surface area contributed by atoms with Crippen LogP contribution in [0, 0.1) is 5.92 Å². The van der Waals surface area contributed by atoms with Crippen LogP contribution in [0.1, 0.15) is 48.9 Å². The number of imidazole rings is 1. The van der Waals surface area contributed by atoms with E-state index in [0.29, 0.717) is 17.5 Å². The third-order valence-electron chi connectivity index (χ3n) is 5.27. The van der Waals surface area contributed by atoms with E-state index in [1.807, 2.05) is 22.9 Å². The van der Waals surface area contributed by atoms with Gasteiger partial charge in [-0.15, -0.1) is 0 Å². The predicted octanol–water partition coefficient (Wildman–Crippen LogP) is 3.06. The zero-order valence-corrected chi connectivity index (χ0v) is 13.3. The van der Waals surface area contributed by atoms with Crippen LogP contribution in [-0.2, 0) is 0 Å². The first kappa shape index (κ1) is 14.4. The van der Waals surface area contributed by atoms with Gasteiger partial charge in [-0.25, -0.2) is 9.97 Å². The molecule has 1 saturated heterocycles. The first-order valence-electron chi connectivity index (χ1n) is 8.58. The molecule has 0 N–H and O–H groups in total. The van der Waals surface area contributed by atoms with Gasteiger partial charge in [-0.05, 0) is 43.7 Å². The fourth-order valence-electron chi connectivity index (χ4n) is 4.10. The average Bonchev–Trinajstić information content (AvgIpc) is 3.15. The lowest BCUT2D eigenvalue weighted by Gasteiger charge is -2.44. The van der Waals surface area contributed by atoms with Crippen LogP contribution in [0.15, 0.2) is 37.1 Å². The number of pyridine rings is 1. The van der Waals surface area contributed by atoms with Crippen molar-refractivity contribution in [2.45, 2.75) is 44.6 Å². The number of hydrogen-bond donors (Lipinski definition) is 0. The lowest BCUT2D eigenvalue weighted by molar-refractivity contribution is 0.0390. The smallest absolute Gasteiger partial charge is 0.255 e. The summed E-state index contributed by atoms with van der Waals surface area (Å²) in [6.07, 6.45) is 14.4. The molecule has 1 aliphatic carbocycles. The number of piperidine rings is 1. The molecule has 1 amide bonds. The monoisotopic (exact) mass is 310 g/mol. The van der Waals surface area contributed by atoms with E-state index < -0.39 is 0 Å². The molecule has 2 fully saturated rings. The summed E-state index contributed by atoms with van der Waals surface area (Å²) in [6.45, 7) is 0.892. The molecule has 120 valence electrons. The van der Waals surface area contributed by atoms with Gasteiger partial charge in [-0.2, -0.15) is 0 Å². The third kappa shape index (κ3) is 2.76. The van der Waals surface area contributed by atoms with Crippen molar-refractivity contribution < 1.29 is 4.79 Å². The molecule has 2 aromatic heterocycles. The lowest BCUT2D eigenvalue weighted by Crippen LogP contribution is -2.49. The van der Waals surface area contributed by atoms with Gasteiger partial charge in [0.1, 0.15) is 12.1 Å². The van der Waals surface area contributed by atoms with E-state index in [-0.39, 0.29) is 5.91 Å². The molecule has 4 rings (SSSR count). The van der Waals surface area contributed by atoms with Crippen LogP contribution in [0.2, 0.25) is 0 Å². The van der Waals surface area contributed by atoms with Gasteiger partial charge in [0.2, 0.25) is 0 Å². The standard InChI is InChI=1S/C18H22N4O/c23-18(22-10-3-5-14-4-1-2-6-16(14)22)15-7-8-17(20-12-15)21-11-9-19-13-21/h7-9,11-14,16H,1-6,10H2/t14-,16+/m0/s1. The van der Waals surface area contributed by atoms with Crippen LogP contribution in [-0.4, -0.2) is 37.9 Å². The molecule has 5 nitrogen and oxygen atoms in total. The van der Waals surface area contributed by atoms with Gasteiger partial charge in [0.25, 0.3) is 5.91 Å². The highest BCUT2D eigenvalue weighted by Crippen LogP contribution is 2.35. The minimum atomic E-state index is 0.145. The van der Waals surface area contributed by atoms with Gasteiger partial charge in [-0.1, -0.05) is 12.8 Å². The van der Waals surface area contributed by atoms with Crippen molar-refractivity contribution in [2.24, 2.45) is 5.92 Å². The lowest BCUT2D eigenvalue weighted by atomic mass is 9.78. The number of aromatic nitrogens is 3. The number of carbonyl (C=O) groups excluding carboxylic acids is 1. The molecule has 0 spiro atoms. The van der Waals surface area contributed by atoms with Crippen LogP contribution in [0.5, 0.6) is 0 Å². The second-order valence-electron chi connectivity index (χ2n) is 6.63. The molecule has 23 heavy (non-hydrogen) atoms. The van der Waals surface area contributed by atoms with Crippen molar-refractivity contribution in [1.29, 1.82) is 0 Å². The second-order valence-corrected chi connectivity index (χ2v) is 6.63. The summed E-state index contributed by atoms with van der Waals surface area (Å²) in [6, 6.07) is 4.22. The number of nitrogens with zero attached hydrogens (tertiary/aromatic N) is 4. The van der Waals surface area contributed by atoms with Gasteiger partial charge in [0, 0.05) is 31.2 Å². The fourth-order valence-corrected chi connectivity index (χ4v) is 4.10. The van der Waals surface area contributed by atoms with Gasteiger partial charge >= 0.3 is 0 Å². The van der Waals surface area contributed by atoms with Gasteiger partial charge in [0.05, 0.1) is 5.56 Å². The number of amides is 1. The van der Waals surface area contributed by atoms with E-state index in [4.69, 9.17) is 0 Å². The zero-order chi connectivity index (χ0) is 15.6. The van der Waals surface area contributed by atoms with Crippen LogP contribution in [0.25, 0.3) is 5.82 Å². The van der Waals surface area contributed by atoms with Crippen LogP contribution in [0.4, 0.5) is 0 Å². The summed E-state index contributed by atoms with van der Waals surface area (Å²) in [4.78, 5) is 23.5. The van der Waals surface area contributed by atoms with Crippen molar-refractivity contribution >= 4 is 5.91 Å². The minimum absolute atomic E-state index is 0.145. The highest BCUT2D eigenvalue weighted by atomic mass is 16.2. The molecule has 5 heteroatoms. The number of rotatable bonds is 2. The molecule has 0 aromatic carbocycles. The molecule has 1 aliphatic heterocycles. The molecule has 0 radical (unpaired) electrons. The van der Waals surface area contributed by atoms with E-state index in [0.717, 1.165) is 25.2 Å². The fraction of sp³-hybridized carbons (Fsp3) is 0.500. The van der Waals surface area contributed by atoms with E-state index in [2.05, 4.69) is 14.9 Å². The summed E-state index contributed by atoms with van der Waals surface area (Å²) in [5.74, 6) is 1.64. The van der Waals surface area contributed by atoms with Crippen LogP contribution in [0.3, 0.4) is 0 Å². The van der Waals surface area contributed by atoms with Gasteiger partial charge < -0.3 is 4.90 Å². The largest absolute Gasteiger partial charge is 0.335 e. The maximum atomic E-state index is 12.9. The maximum absolute atomic E-state index is 12.9. The normalized spacial score (nSPS) is 24.3. The Morgan fingerprint density at radius 3 is 2.78 bits per heavy atom.